The molecule has 1 aliphatic heterocycles. The maximum absolute atomic E-state index is 14.8. The summed E-state index contributed by atoms with van der Waals surface area (Å²) in [5, 5.41) is 38.2. The van der Waals surface area contributed by atoms with E-state index in [2.05, 4.69) is 37.2 Å². The monoisotopic (exact) mass is 1030 g/mol. The van der Waals surface area contributed by atoms with Gasteiger partial charge >= 0.3 is 11.9 Å². The Morgan fingerprint density at radius 2 is 1.49 bits per heavy atom. The van der Waals surface area contributed by atoms with Crippen molar-refractivity contribution in [2.24, 2.45) is 17.4 Å². The van der Waals surface area contributed by atoms with E-state index in [0.717, 1.165) is 0 Å². The van der Waals surface area contributed by atoms with Crippen LogP contribution in [0.4, 0.5) is 0 Å². The van der Waals surface area contributed by atoms with Crippen LogP contribution < -0.4 is 48.7 Å². The molecule has 1 aliphatic carbocycles. The van der Waals surface area contributed by atoms with Gasteiger partial charge in [0.25, 0.3) is 0 Å². The van der Waals surface area contributed by atoms with E-state index in [9.17, 15) is 67.2 Å². The van der Waals surface area contributed by atoms with Gasteiger partial charge in [-0.2, -0.15) is 0 Å². The molecule has 0 radical (unpaired) electrons. The SMILES string of the molecule is CCOC(=O)CCc1cc(CC2NC(=O)C(CC(C)C)NC(=O)[C@H](CCCC(=O)O)NC(=O)CS(=O)C[C@H](C(N)=O)NC(=O)CCCCNC(=O)[C@H](CC(N)=O)NC(=O)C3(CCCCC3)NC2=O)ccc1O. The number of primary amides is 2. The molecule has 2 aliphatic rings. The number of phenols is 1. The first-order valence-corrected chi connectivity index (χ1v) is 25.7. The normalized spacial score (nSPS) is 23.7. The minimum Gasteiger partial charge on any atom is -0.508 e. The topological polar surface area (TPSA) is 391 Å². The number of rotatable bonds is 15. The lowest BCUT2D eigenvalue weighted by atomic mass is 9.80. The summed E-state index contributed by atoms with van der Waals surface area (Å²) in [5.41, 5.74) is 10.0. The summed E-state index contributed by atoms with van der Waals surface area (Å²) < 4.78 is 18.2. The fraction of sp³-hybridized carbons (Fsp3) is 0.638. The Labute approximate surface area is 420 Å². The molecular weight excluding hydrogens is 963 g/mol. The molecule has 1 saturated heterocycles. The highest BCUT2D eigenvalue weighted by molar-refractivity contribution is 7.85. The summed E-state index contributed by atoms with van der Waals surface area (Å²) in [4.78, 5) is 145. The van der Waals surface area contributed by atoms with E-state index in [4.69, 9.17) is 16.2 Å². The summed E-state index contributed by atoms with van der Waals surface area (Å²) >= 11 is 0. The average Bonchev–Trinajstić information content (AvgIpc) is 3.29. The number of aromatic hydroxyl groups is 1. The van der Waals surface area contributed by atoms with Crippen molar-refractivity contribution in [3.63, 3.8) is 0 Å². The zero-order valence-corrected chi connectivity index (χ0v) is 41.9. The number of nitrogens with two attached hydrogens (primary N) is 2. The van der Waals surface area contributed by atoms with Crippen LogP contribution in [0.3, 0.4) is 0 Å². The molecule has 3 rings (SSSR count). The first-order chi connectivity index (χ1) is 34.0. The summed E-state index contributed by atoms with van der Waals surface area (Å²) in [5.74, 6) is -11.4. The molecule has 25 heteroatoms. The number of aryl methyl sites for hydroxylation is 1. The van der Waals surface area contributed by atoms with E-state index in [1.165, 1.54) is 18.2 Å². The van der Waals surface area contributed by atoms with Crippen molar-refractivity contribution in [3.8, 4) is 5.75 Å². The molecule has 6 atom stereocenters. The molecule has 400 valence electrons. The van der Waals surface area contributed by atoms with Crippen LogP contribution in [0.15, 0.2) is 18.2 Å². The maximum atomic E-state index is 14.8. The number of nitrogens with one attached hydrogen (secondary N) is 7. The summed E-state index contributed by atoms with van der Waals surface area (Å²) in [6.45, 7) is 5.24. The lowest BCUT2D eigenvalue weighted by Crippen LogP contribution is -2.66. The van der Waals surface area contributed by atoms with Gasteiger partial charge in [-0.05, 0) is 81.4 Å². The van der Waals surface area contributed by atoms with Crippen LogP contribution in [0.2, 0.25) is 0 Å². The number of hydrogen-bond donors (Lipinski definition) is 11. The van der Waals surface area contributed by atoms with Crippen LogP contribution in [0, 0.1) is 5.92 Å². The van der Waals surface area contributed by atoms with Crippen LogP contribution in [-0.2, 0) is 81.1 Å². The molecule has 1 aromatic carbocycles. The molecule has 1 aromatic rings. The van der Waals surface area contributed by atoms with Gasteiger partial charge < -0.3 is 63.6 Å². The molecule has 1 saturated carbocycles. The number of esters is 1. The highest BCUT2D eigenvalue weighted by Gasteiger charge is 2.44. The van der Waals surface area contributed by atoms with Gasteiger partial charge in [0.1, 0.15) is 47.3 Å². The summed E-state index contributed by atoms with van der Waals surface area (Å²) in [6, 6.07) is -2.97. The number of hydrogen-bond acceptors (Lipinski definition) is 14. The average molecular weight is 1030 g/mol. The second kappa shape index (κ2) is 29.6. The molecule has 72 heavy (non-hydrogen) atoms. The lowest BCUT2D eigenvalue weighted by molar-refractivity contribution is -0.143. The number of carboxylic acid groups (broad SMARTS) is 1. The molecule has 3 unspecified atom stereocenters. The number of amides is 9. The minimum atomic E-state index is -2.15. The van der Waals surface area contributed by atoms with Crippen LogP contribution in [-0.4, -0.2) is 140 Å². The van der Waals surface area contributed by atoms with Gasteiger partial charge in [0.05, 0.1) is 18.8 Å². The lowest BCUT2D eigenvalue weighted by Gasteiger charge is -2.38. The molecule has 1 spiro atoms. The molecular formula is C47H71N9O15S. The second-order valence-electron chi connectivity index (χ2n) is 18.5. The number of aliphatic carboxylic acids is 1. The quantitative estimate of drug-likeness (QED) is 0.0880. The van der Waals surface area contributed by atoms with Crippen molar-refractivity contribution >= 4 is 75.9 Å². The van der Waals surface area contributed by atoms with Gasteiger partial charge in [-0.1, -0.05) is 45.2 Å². The molecule has 2 fully saturated rings. The summed E-state index contributed by atoms with van der Waals surface area (Å²) in [7, 11) is -2.15. The van der Waals surface area contributed by atoms with Gasteiger partial charge in [0, 0.05) is 43.0 Å². The Hall–Kier alpha value is -6.66. The van der Waals surface area contributed by atoms with Gasteiger partial charge in [-0.25, -0.2) is 0 Å². The minimum absolute atomic E-state index is 0.0289. The number of carbonyl (C=O) groups excluding carboxylic acids is 10. The zero-order chi connectivity index (χ0) is 53.5. The fourth-order valence-corrected chi connectivity index (χ4v) is 9.40. The third-order valence-corrected chi connectivity index (χ3v) is 13.3. The number of carbonyl (C=O) groups is 11. The summed E-state index contributed by atoms with van der Waals surface area (Å²) in [6.07, 6.45) is 0.224. The molecule has 9 amide bonds. The van der Waals surface area contributed by atoms with E-state index in [1.54, 1.807) is 20.8 Å². The highest BCUT2D eigenvalue weighted by Crippen LogP contribution is 2.30. The second-order valence-corrected chi connectivity index (χ2v) is 20.0. The van der Waals surface area contributed by atoms with E-state index in [-0.39, 0.29) is 95.4 Å². The van der Waals surface area contributed by atoms with Crippen molar-refractivity contribution < 1.29 is 71.9 Å². The van der Waals surface area contributed by atoms with Gasteiger partial charge in [-0.15, -0.1) is 0 Å². The third kappa shape index (κ3) is 20.6. The third-order valence-electron chi connectivity index (χ3n) is 12.0. The van der Waals surface area contributed by atoms with Crippen molar-refractivity contribution in [1.29, 1.82) is 0 Å². The van der Waals surface area contributed by atoms with Crippen molar-refractivity contribution in [2.45, 2.75) is 159 Å². The number of ether oxygens (including phenoxy) is 1. The molecule has 0 aromatic heterocycles. The van der Waals surface area contributed by atoms with Crippen LogP contribution in [0.25, 0.3) is 0 Å². The number of phenolic OH excluding ortho intramolecular Hbond substituents is 1. The first kappa shape index (κ1) is 59.6. The molecule has 1 heterocycles. The Bertz CT molecular complexity index is 2170. The maximum Gasteiger partial charge on any atom is 0.306 e. The van der Waals surface area contributed by atoms with Crippen LogP contribution >= 0.6 is 0 Å². The Balaban J connectivity index is 2.14. The van der Waals surface area contributed by atoms with E-state index >= 15 is 0 Å². The standard InChI is InChI=1S/C47H71N9O15S/c1-4-71-40(63)17-15-29-22-28(14-16-35(29)57)23-32-45(68)56-47(18-7-5-8-19-47)46(69)55-33(24-36(48)58)42(65)50-20-9-6-12-37(59)52-34(41(49)64)25-72(70)26-38(60)51-30(11-10-13-39(61)62)43(66)53-31(21-27(2)3)44(67)54-32/h14,16,22,27,30-34,57H,4-13,15,17-21,23-26H2,1-3H3,(H2,48,58)(H2,49,64)(H,50,65)(H,51,60)(H,52,59)(H,53,66)(H,54,67)(H,55,69)(H,56,68)(H,61,62)/t30-,31?,32?,33-,34+,72?/m0/s1. The Kier molecular flexibility index (Phi) is 24.5. The number of benzene rings is 1. The van der Waals surface area contributed by atoms with E-state index in [0.29, 0.717) is 30.4 Å². The zero-order valence-electron chi connectivity index (χ0n) is 41.1. The number of carboxylic acids is 1. The predicted octanol–water partition coefficient (Wildman–Crippen LogP) is -1.62. The smallest absolute Gasteiger partial charge is 0.306 e. The first-order valence-electron chi connectivity index (χ1n) is 24.2. The largest absolute Gasteiger partial charge is 0.508 e. The molecule has 0 bridgehead atoms. The highest BCUT2D eigenvalue weighted by atomic mass is 32.2. The fourth-order valence-electron chi connectivity index (χ4n) is 8.28. The van der Waals surface area contributed by atoms with E-state index < -0.39 is 136 Å². The molecule has 24 nitrogen and oxygen atoms in total. The van der Waals surface area contributed by atoms with Crippen molar-refractivity contribution in [3.05, 3.63) is 29.3 Å². The van der Waals surface area contributed by atoms with Crippen LogP contribution in [0.1, 0.15) is 122 Å². The van der Waals surface area contributed by atoms with Gasteiger partial charge in [0.15, 0.2) is 0 Å². The molecule has 13 N–H and O–H groups in total. The van der Waals surface area contributed by atoms with Gasteiger partial charge in [-0.3, -0.25) is 56.9 Å². The van der Waals surface area contributed by atoms with Crippen molar-refractivity contribution in [1.82, 2.24) is 37.2 Å². The van der Waals surface area contributed by atoms with Crippen LogP contribution in [0.5, 0.6) is 5.75 Å². The van der Waals surface area contributed by atoms with Crippen molar-refractivity contribution in [2.75, 3.05) is 24.7 Å². The van der Waals surface area contributed by atoms with Gasteiger partial charge in [0.2, 0.25) is 53.2 Å². The Morgan fingerprint density at radius 1 is 0.806 bits per heavy atom. The predicted molar refractivity (Wildman–Crippen MR) is 259 cm³/mol. The van der Waals surface area contributed by atoms with E-state index in [1.807, 2.05) is 0 Å². The Morgan fingerprint density at radius 3 is 2.12 bits per heavy atom.